The van der Waals surface area contributed by atoms with Crippen LogP contribution in [0.25, 0.3) is 0 Å². The van der Waals surface area contributed by atoms with Crippen molar-refractivity contribution in [2.24, 2.45) is 0 Å². The van der Waals surface area contributed by atoms with Crippen molar-refractivity contribution in [1.29, 1.82) is 0 Å². The summed E-state index contributed by atoms with van der Waals surface area (Å²) >= 11 is 2.28. The van der Waals surface area contributed by atoms with Crippen molar-refractivity contribution >= 4 is 22.6 Å². The van der Waals surface area contributed by atoms with Gasteiger partial charge in [0, 0.05) is 13.1 Å². The molecule has 0 bridgehead atoms. The Morgan fingerprint density at radius 1 is 1.57 bits per heavy atom. The Bertz CT molecular complexity index is 157. The quantitative estimate of drug-likeness (QED) is 0.479. The van der Waals surface area contributed by atoms with Crippen LogP contribution in [-0.4, -0.2) is 40.0 Å². The molecule has 0 saturated carbocycles. The highest BCUT2D eigenvalue weighted by atomic mass is 127. The lowest BCUT2D eigenvalue weighted by atomic mass is 10.2. The zero-order valence-corrected chi connectivity index (χ0v) is 10.9. The molecule has 1 aliphatic rings. The summed E-state index contributed by atoms with van der Waals surface area (Å²) in [6.45, 7) is 4.65. The van der Waals surface area contributed by atoms with Gasteiger partial charge in [-0.3, -0.25) is 4.90 Å². The summed E-state index contributed by atoms with van der Waals surface area (Å²) in [6, 6.07) is 0. The third-order valence-electron chi connectivity index (χ3n) is 2.54. The second kappa shape index (κ2) is 6.98. The van der Waals surface area contributed by atoms with Crippen LogP contribution in [0.4, 0.5) is 0 Å². The molecule has 14 heavy (non-hydrogen) atoms. The van der Waals surface area contributed by atoms with Crippen LogP contribution in [0.5, 0.6) is 0 Å². The van der Waals surface area contributed by atoms with Gasteiger partial charge in [-0.25, -0.2) is 0 Å². The fourth-order valence-electron chi connectivity index (χ4n) is 1.66. The number of aliphatic hydroxyl groups is 1. The molecule has 0 spiro atoms. The van der Waals surface area contributed by atoms with E-state index in [1.54, 1.807) is 0 Å². The van der Waals surface area contributed by atoms with E-state index in [9.17, 15) is 5.11 Å². The fourth-order valence-corrected chi connectivity index (χ4v) is 2.42. The number of morpholine rings is 1. The molecule has 2 atom stereocenters. The maximum absolute atomic E-state index is 9.89. The SMILES string of the molecule is CCCCCC(O)N1CCOC(I)C1. The first kappa shape index (κ1) is 12.7. The van der Waals surface area contributed by atoms with Gasteiger partial charge in [0.1, 0.15) is 10.3 Å². The molecule has 1 fully saturated rings. The minimum Gasteiger partial charge on any atom is -0.378 e. The van der Waals surface area contributed by atoms with Crippen LogP contribution in [0.2, 0.25) is 0 Å². The van der Waals surface area contributed by atoms with Gasteiger partial charge >= 0.3 is 0 Å². The highest BCUT2D eigenvalue weighted by molar-refractivity contribution is 14.1. The van der Waals surface area contributed by atoms with E-state index in [1.165, 1.54) is 12.8 Å². The van der Waals surface area contributed by atoms with Crippen molar-refractivity contribution in [3.05, 3.63) is 0 Å². The summed E-state index contributed by atoms with van der Waals surface area (Å²) < 4.78 is 5.66. The van der Waals surface area contributed by atoms with Gasteiger partial charge in [0.25, 0.3) is 0 Å². The van der Waals surface area contributed by atoms with Crippen molar-refractivity contribution in [1.82, 2.24) is 4.90 Å². The highest BCUT2D eigenvalue weighted by Gasteiger charge is 2.22. The van der Waals surface area contributed by atoms with Crippen molar-refractivity contribution in [2.45, 2.75) is 42.9 Å². The Labute approximate surface area is 99.9 Å². The van der Waals surface area contributed by atoms with Gasteiger partial charge in [-0.15, -0.1) is 0 Å². The summed E-state index contributed by atoms with van der Waals surface area (Å²) in [6.07, 6.45) is 4.19. The molecule has 1 saturated heterocycles. The largest absolute Gasteiger partial charge is 0.378 e. The van der Waals surface area contributed by atoms with Crippen LogP contribution < -0.4 is 0 Å². The number of ether oxygens (including phenoxy) is 1. The molecule has 0 amide bonds. The first-order valence-electron chi connectivity index (χ1n) is 5.42. The molecule has 1 heterocycles. The third-order valence-corrected chi connectivity index (χ3v) is 3.30. The maximum Gasteiger partial charge on any atom is 0.121 e. The van der Waals surface area contributed by atoms with Gasteiger partial charge in [-0.2, -0.15) is 0 Å². The van der Waals surface area contributed by atoms with Crippen molar-refractivity contribution in [3.63, 3.8) is 0 Å². The van der Waals surface area contributed by atoms with Gasteiger partial charge < -0.3 is 9.84 Å². The van der Waals surface area contributed by atoms with E-state index in [1.807, 2.05) is 0 Å². The summed E-state index contributed by atoms with van der Waals surface area (Å²) in [5.41, 5.74) is 0. The molecule has 4 heteroatoms. The molecule has 1 aliphatic heterocycles. The standard InChI is InChI=1S/C10H20INO2/c1-2-3-4-5-10(13)12-6-7-14-9(11)8-12/h9-10,13H,2-8H2,1H3. The molecule has 3 nitrogen and oxygen atoms in total. The van der Waals surface area contributed by atoms with Crippen molar-refractivity contribution < 1.29 is 9.84 Å². The van der Waals surface area contributed by atoms with E-state index >= 15 is 0 Å². The number of rotatable bonds is 5. The van der Waals surface area contributed by atoms with Crippen molar-refractivity contribution in [3.8, 4) is 0 Å². The van der Waals surface area contributed by atoms with Crippen LogP contribution in [0.1, 0.15) is 32.6 Å². The first-order chi connectivity index (χ1) is 6.74. The topological polar surface area (TPSA) is 32.7 Å². The predicted octanol–water partition coefficient (Wildman–Crippen LogP) is 1.98. The van der Waals surface area contributed by atoms with Gasteiger partial charge in [-0.1, -0.05) is 19.8 Å². The summed E-state index contributed by atoms with van der Waals surface area (Å²) in [5.74, 6) is 0. The monoisotopic (exact) mass is 313 g/mol. The Balaban J connectivity index is 2.18. The van der Waals surface area contributed by atoms with Gasteiger partial charge in [0.15, 0.2) is 0 Å². The minimum atomic E-state index is -0.261. The molecule has 1 N–H and O–H groups in total. The van der Waals surface area contributed by atoms with Crippen LogP contribution in [0.15, 0.2) is 0 Å². The fraction of sp³-hybridized carbons (Fsp3) is 1.00. The zero-order valence-electron chi connectivity index (χ0n) is 8.79. The number of hydrogen-bond acceptors (Lipinski definition) is 3. The van der Waals surface area contributed by atoms with Crippen LogP contribution >= 0.6 is 22.6 Å². The van der Waals surface area contributed by atoms with Gasteiger partial charge in [-0.05, 0) is 35.4 Å². The lowest BCUT2D eigenvalue weighted by Gasteiger charge is -2.33. The molecule has 0 aromatic heterocycles. The minimum absolute atomic E-state index is 0.238. The summed E-state index contributed by atoms with van der Waals surface area (Å²) in [7, 11) is 0. The Morgan fingerprint density at radius 3 is 3.00 bits per heavy atom. The van der Waals surface area contributed by atoms with Gasteiger partial charge in [0.05, 0.1) is 6.61 Å². The third kappa shape index (κ3) is 4.42. The van der Waals surface area contributed by atoms with E-state index in [4.69, 9.17) is 4.74 Å². The van der Waals surface area contributed by atoms with E-state index < -0.39 is 0 Å². The molecular weight excluding hydrogens is 293 g/mol. The summed E-state index contributed by atoms with van der Waals surface area (Å²) in [4.78, 5) is 2.12. The molecule has 84 valence electrons. The number of unbranched alkanes of at least 4 members (excludes halogenated alkanes) is 2. The molecular formula is C10H20INO2. The number of alkyl halides is 1. The molecule has 0 aliphatic carbocycles. The normalized spacial score (nSPS) is 26.4. The second-order valence-electron chi connectivity index (χ2n) is 3.75. The van der Waals surface area contributed by atoms with E-state index in [0.29, 0.717) is 0 Å². The van der Waals surface area contributed by atoms with E-state index in [0.717, 1.165) is 32.5 Å². The highest BCUT2D eigenvalue weighted by Crippen LogP contribution is 2.15. The number of nitrogens with zero attached hydrogens (tertiary/aromatic N) is 1. The average Bonchev–Trinajstić information content (AvgIpc) is 2.18. The first-order valence-corrected chi connectivity index (χ1v) is 6.66. The van der Waals surface area contributed by atoms with Gasteiger partial charge in [0.2, 0.25) is 0 Å². The Morgan fingerprint density at radius 2 is 2.36 bits per heavy atom. The number of halogens is 1. The average molecular weight is 313 g/mol. The number of hydrogen-bond donors (Lipinski definition) is 1. The second-order valence-corrected chi connectivity index (χ2v) is 5.14. The Hall–Kier alpha value is 0.610. The van der Waals surface area contributed by atoms with Crippen molar-refractivity contribution in [2.75, 3.05) is 19.7 Å². The van der Waals surface area contributed by atoms with Crippen LogP contribution in [0, 0.1) is 0 Å². The van der Waals surface area contributed by atoms with Crippen LogP contribution in [-0.2, 0) is 4.74 Å². The van der Waals surface area contributed by atoms with E-state index in [2.05, 4.69) is 34.4 Å². The molecule has 1 rings (SSSR count). The lowest BCUT2D eigenvalue weighted by Crippen LogP contribution is -2.45. The zero-order chi connectivity index (χ0) is 10.4. The molecule has 0 aromatic rings. The lowest BCUT2D eigenvalue weighted by molar-refractivity contribution is -0.0675. The Kier molecular flexibility index (Phi) is 6.32. The summed E-state index contributed by atoms with van der Waals surface area (Å²) in [5, 5.41) is 9.89. The molecule has 2 unspecified atom stereocenters. The molecule has 0 radical (unpaired) electrons. The number of aliphatic hydroxyl groups excluding tert-OH is 1. The smallest absolute Gasteiger partial charge is 0.121 e. The van der Waals surface area contributed by atoms with Crippen LogP contribution in [0.3, 0.4) is 0 Å². The van der Waals surface area contributed by atoms with E-state index in [-0.39, 0.29) is 10.3 Å². The molecule has 0 aromatic carbocycles. The maximum atomic E-state index is 9.89. The predicted molar refractivity (Wildman–Crippen MR) is 65.5 cm³/mol.